The first kappa shape index (κ1) is 14.8. The highest BCUT2D eigenvalue weighted by Gasteiger charge is 2.21. The lowest BCUT2D eigenvalue weighted by atomic mass is 9.88. The molecule has 0 radical (unpaired) electrons. The lowest BCUT2D eigenvalue weighted by Crippen LogP contribution is -2.34. The summed E-state index contributed by atoms with van der Waals surface area (Å²) >= 11 is 0. The lowest BCUT2D eigenvalue weighted by molar-refractivity contribution is -0.126. The number of carbonyl (C=O) groups excluding carboxylic acids is 1. The molecular formula is C18H22N2O2. The molecule has 0 spiro atoms. The first-order valence-corrected chi connectivity index (χ1v) is 8.02. The smallest absolute Gasteiger partial charge is 0.255 e. The first-order valence-electron chi connectivity index (χ1n) is 8.02. The molecule has 0 aliphatic heterocycles. The van der Waals surface area contributed by atoms with Crippen molar-refractivity contribution in [3.05, 3.63) is 46.2 Å². The van der Waals surface area contributed by atoms with Gasteiger partial charge in [-0.05, 0) is 30.4 Å². The van der Waals surface area contributed by atoms with Crippen LogP contribution in [0.3, 0.4) is 0 Å². The van der Waals surface area contributed by atoms with E-state index in [1.807, 2.05) is 30.3 Å². The van der Waals surface area contributed by atoms with Gasteiger partial charge in [-0.3, -0.25) is 9.59 Å². The summed E-state index contributed by atoms with van der Waals surface area (Å²) in [6.45, 7) is 0.312. The number of benzene rings is 1. The van der Waals surface area contributed by atoms with Crippen molar-refractivity contribution >= 4 is 16.8 Å². The van der Waals surface area contributed by atoms with Gasteiger partial charge in [0.15, 0.2) is 0 Å². The van der Waals surface area contributed by atoms with Crippen LogP contribution in [0.25, 0.3) is 10.9 Å². The fraction of sp³-hybridized carbons (Fsp3) is 0.444. The Morgan fingerprint density at radius 1 is 1.23 bits per heavy atom. The van der Waals surface area contributed by atoms with Gasteiger partial charge in [-0.1, -0.05) is 37.5 Å². The number of amides is 1. The minimum absolute atomic E-state index is 0.0392. The standard InChI is InChI=1S/C18H22N2O2/c1-20-16-10-6-5-9-14(16)11-15(18(20)22)12-19-17(21)13-7-3-2-4-8-13/h5-6,9-11,13H,2-4,7-8,12H2,1H3,(H,19,21). The molecule has 0 saturated heterocycles. The number of rotatable bonds is 3. The quantitative estimate of drug-likeness (QED) is 0.947. The van der Waals surface area contributed by atoms with E-state index in [2.05, 4.69) is 5.32 Å². The first-order chi connectivity index (χ1) is 10.7. The summed E-state index contributed by atoms with van der Waals surface area (Å²) < 4.78 is 1.65. The second kappa shape index (κ2) is 6.34. The number of pyridine rings is 1. The monoisotopic (exact) mass is 298 g/mol. The molecule has 116 valence electrons. The molecule has 2 aromatic rings. The molecule has 1 aliphatic rings. The number of nitrogens with one attached hydrogen (secondary N) is 1. The largest absolute Gasteiger partial charge is 0.352 e. The SMILES string of the molecule is Cn1c(=O)c(CNC(=O)C2CCCCC2)cc2ccccc21. The van der Waals surface area contributed by atoms with Crippen LogP contribution in [0.4, 0.5) is 0 Å². The lowest BCUT2D eigenvalue weighted by Gasteiger charge is -2.20. The Bertz CT molecular complexity index is 742. The van der Waals surface area contributed by atoms with Crippen molar-refractivity contribution in [1.29, 1.82) is 0 Å². The van der Waals surface area contributed by atoms with Crippen LogP contribution in [-0.4, -0.2) is 10.5 Å². The van der Waals surface area contributed by atoms with E-state index >= 15 is 0 Å². The van der Waals surface area contributed by atoms with Crippen LogP contribution in [-0.2, 0) is 18.4 Å². The normalized spacial score (nSPS) is 15.9. The third kappa shape index (κ3) is 2.91. The molecule has 1 aliphatic carbocycles. The second-order valence-corrected chi connectivity index (χ2v) is 6.15. The fourth-order valence-electron chi connectivity index (χ4n) is 3.31. The third-order valence-electron chi connectivity index (χ3n) is 4.64. The number of para-hydroxylation sites is 1. The van der Waals surface area contributed by atoms with E-state index < -0.39 is 0 Å². The molecule has 4 nitrogen and oxygen atoms in total. The molecule has 1 saturated carbocycles. The third-order valence-corrected chi connectivity index (χ3v) is 4.64. The zero-order valence-electron chi connectivity index (χ0n) is 13.0. The van der Waals surface area contributed by atoms with Crippen LogP contribution in [0, 0.1) is 5.92 Å². The molecule has 4 heteroatoms. The molecule has 1 fully saturated rings. The van der Waals surface area contributed by atoms with Crippen LogP contribution < -0.4 is 10.9 Å². The Hall–Kier alpha value is -2.10. The Labute approximate surface area is 130 Å². The van der Waals surface area contributed by atoms with E-state index in [0.29, 0.717) is 12.1 Å². The topological polar surface area (TPSA) is 51.1 Å². The van der Waals surface area contributed by atoms with Crippen LogP contribution in [0.15, 0.2) is 35.1 Å². The average molecular weight is 298 g/mol. The number of hydrogen-bond donors (Lipinski definition) is 1. The fourth-order valence-corrected chi connectivity index (χ4v) is 3.31. The van der Waals surface area contributed by atoms with Gasteiger partial charge < -0.3 is 9.88 Å². The summed E-state index contributed by atoms with van der Waals surface area (Å²) in [5.74, 6) is 0.216. The maximum Gasteiger partial charge on any atom is 0.255 e. The zero-order chi connectivity index (χ0) is 15.5. The summed E-state index contributed by atoms with van der Waals surface area (Å²) in [7, 11) is 1.77. The van der Waals surface area contributed by atoms with Crippen LogP contribution in [0.1, 0.15) is 37.7 Å². The Morgan fingerprint density at radius 3 is 2.73 bits per heavy atom. The molecule has 0 atom stereocenters. The second-order valence-electron chi connectivity index (χ2n) is 6.15. The average Bonchev–Trinajstić information content (AvgIpc) is 2.57. The molecular weight excluding hydrogens is 276 g/mol. The summed E-state index contributed by atoms with van der Waals surface area (Å²) in [6, 6.07) is 9.69. The van der Waals surface area contributed by atoms with Gasteiger partial charge in [0.2, 0.25) is 5.91 Å². The molecule has 22 heavy (non-hydrogen) atoms. The van der Waals surface area contributed by atoms with Crippen LogP contribution in [0.5, 0.6) is 0 Å². The molecule has 1 aromatic carbocycles. The Morgan fingerprint density at radius 2 is 1.95 bits per heavy atom. The van der Waals surface area contributed by atoms with Crippen LogP contribution >= 0.6 is 0 Å². The molecule has 1 aromatic heterocycles. The number of hydrogen-bond acceptors (Lipinski definition) is 2. The van der Waals surface area contributed by atoms with Gasteiger partial charge >= 0.3 is 0 Å². The van der Waals surface area contributed by atoms with Gasteiger partial charge in [0, 0.05) is 25.1 Å². The van der Waals surface area contributed by atoms with E-state index in [4.69, 9.17) is 0 Å². The minimum atomic E-state index is -0.0392. The highest BCUT2D eigenvalue weighted by Crippen LogP contribution is 2.23. The van der Waals surface area contributed by atoms with E-state index in [9.17, 15) is 9.59 Å². The predicted octanol–water partition coefficient (Wildman–Crippen LogP) is 2.74. The zero-order valence-corrected chi connectivity index (χ0v) is 13.0. The van der Waals surface area contributed by atoms with Crippen molar-refractivity contribution in [2.75, 3.05) is 0 Å². The van der Waals surface area contributed by atoms with Crippen LogP contribution in [0.2, 0.25) is 0 Å². The predicted molar refractivity (Wildman–Crippen MR) is 87.6 cm³/mol. The van der Waals surface area contributed by atoms with Gasteiger partial charge in [-0.15, -0.1) is 0 Å². The van der Waals surface area contributed by atoms with Crippen molar-refractivity contribution in [2.24, 2.45) is 13.0 Å². The number of aromatic nitrogens is 1. The van der Waals surface area contributed by atoms with E-state index in [0.717, 1.165) is 36.6 Å². The van der Waals surface area contributed by atoms with Crippen molar-refractivity contribution in [3.63, 3.8) is 0 Å². The van der Waals surface area contributed by atoms with Gasteiger partial charge in [0.1, 0.15) is 0 Å². The van der Waals surface area contributed by atoms with Crippen molar-refractivity contribution in [3.8, 4) is 0 Å². The summed E-state index contributed by atoms with van der Waals surface area (Å²) in [5.41, 5.74) is 1.52. The van der Waals surface area contributed by atoms with Gasteiger partial charge in [0.25, 0.3) is 5.56 Å². The van der Waals surface area contributed by atoms with E-state index in [-0.39, 0.29) is 17.4 Å². The van der Waals surface area contributed by atoms with Gasteiger partial charge in [0.05, 0.1) is 5.52 Å². The Kier molecular flexibility index (Phi) is 4.27. The van der Waals surface area contributed by atoms with E-state index in [1.165, 1.54) is 6.42 Å². The van der Waals surface area contributed by atoms with Crippen molar-refractivity contribution < 1.29 is 4.79 Å². The number of nitrogens with zero attached hydrogens (tertiary/aromatic N) is 1. The molecule has 0 bridgehead atoms. The van der Waals surface area contributed by atoms with Gasteiger partial charge in [-0.25, -0.2) is 0 Å². The number of carbonyl (C=O) groups is 1. The highest BCUT2D eigenvalue weighted by atomic mass is 16.2. The highest BCUT2D eigenvalue weighted by molar-refractivity contribution is 5.80. The van der Waals surface area contributed by atoms with E-state index in [1.54, 1.807) is 11.6 Å². The molecule has 3 rings (SSSR count). The Balaban J connectivity index is 1.77. The number of fused-ring (bicyclic) bond motifs is 1. The number of aryl methyl sites for hydroxylation is 1. The molecule has 0 unspecified atom stereocenters. The van der Waals surface area contributed by atoms with Crippen molar-refractivity contribution in [2.45, 2.75) is 38.6 Å². The maximum absolute atomic E-state index is 12.4. The van der Waals surface area contributed by atoms with Gasteiger partial charge in [-0.2, -0.15) is 0 Å². The maximum atomic E-state index is 12.4. The molecule has 1 amide bonds. The summed E-state index contributed by atoms with van der Waals surface area (Å²) in [4.78, 5) is 24.6. The molecule has 1 N–H and O–H groups in total. The summed E-state index contributed by atoms with van der Waals surface area (Å²) in [5, 5.41) is 3.97. The molecule has 1 heterocycles. The minimum Gasteiger partial charge on any atom is -0.352 e. The summed E-state index contributed by atoms with van der Waals surface area (Å²) in [6.07, 6.45) is 5.45. The van der Waals surface area contributed by atoms with Crippen molar-refractivity contribution in [1.82, 2.24) is 9.88 Å².